The van der Waals surface area contributed by atoms with Crippen LogP contribution in [0, 0.1) is 0 Å². The lowest BCUT2D eigenvalue weighted by Crippen LogP contribution is -2.14. The van der Waals surface area contributed by atoms with Crippen molar-refractivity contribution >= 4 is 33.2 Å². The minimum atomic E-state index is 0.00891. The zero-order chi connectivity index (χ0) is 27.6. The highest BCUT2D eigenvalue weighted by molar-refractivity contribution is 6.10. The largest absolute Gasteiger partial charge is 0.355 e. The molecule has 0 aliphatic heterocycles. The van der Waals surface area contributed by atoms with Gasteiger partial charge in [0.2, 0.25) is 0 Å². The second-order valence-electron chi connectivity index (χ2n) is 11.5. The van der Waals surface area contributed by atoms with Crippen LogP contribution < -0.4 is 5.32 Å². The molecule has 8 rings (SSSR count). The number of aromatic nitrogens is 1. The van der Waals surface area contributed by atoms with Crippen LogP contribution in [0.5, 0.6) is 0 Å². The third kappa shape index (κ3) is 3.64. The number of rotatable bonds is 4. The Kier molecular flexibility index (Phi) is 5.20. The fourth-order valence-corrected chi connectivity index (χ4v) is 6.79. The predicted octanol–water partition coefficient (Wildman–Crippen LogP) is 10.5. The van der Waals surface area contributed by atoms with Crippen molar-refractivity contribution in [3.05, 3.63) is 151 Å². The van der Waals surface area contributed by atoms with E-state index in [2.05, 4.69) is 163 Å². The van der Waals surface area contributed by atoms with E-state index in [4.69, 9.17) is 0 Å². The summed E-state index contributed by atoms with van der Waals surface area (Å²) in [4.78, 5) is 0. The first-order chi connectivity index (χ1) is 20.1. The average molecular weight is 527 g/mol. The molecule has 0 amide bonds. The van der Waals surface area contributed by atoms with Gasteiger partial charge < -0.3 is 9.88 Å². The van der Waals surface area contributed by atoms with Gasteiger partial charge in [-0.25, -0.2) is 0 Å². The molecule has 0 bridgehead atoms. The summed E-state index contributed by atoms with van der Waals surface area (Å²) in [5.74, 6) is 0. The molecule has 0 spiro atoms. The van der Waals surface area contributed by atoms with Crippen molar-refractivity contribution in [1.82, 2.24) is 4.57 Å². The minimum Gasteiger partial charge on any atom is -0.355 e. The Labute approximate surface area is 240 Å². The van der Waals surface area contributed by atoms with Crippen molar-refractivity contribution in [3.63, 3.8) is 0 Å². The van der Waals surface area contributed by atoms with Crippen LogP contribution in [0.2, 0.25) is 0 Å². The third-order valence-electron chi connectivity index (χ3n) is 8.79. The zero-order valence-corrected chi connectivity index (χ0v) is 23.2. The van der Waals surface area contributed by atoms with Gasteiger partial charge >= 0.3 is 0 Å². The maximum absolute atomic E-state index is 3.77. The lowest BCUT2D eigenvalue weighted by molar-refractivity contribution is 0.660. The van der Waals surface area contributed by atoms with Gasteiger partial charge in [0.05, 0.1) is 11.0 Å². The van der Waals surface area contributed by atoms with Crippen LogP contribution in [0.1, 0.15) is 25.0 Å². The highest BCUT2D eigenvalue weighted by Gasteiger charge is 2.35. The molecule has 0 atom stereocenters. The van der Waals surface area contributed by atoms with Gasteiger partial charge in [-0.2, -0.15) is 0 Å². The number of benzene rings is 6. The Bertz CT molecular complexity index is 2100. The van der Waals surface area contributed by atoms with E-state index in [1.54, 1.807) is 0 Å². The van der Waals surface area contributed by atoms with Crippen LogP contribution in [-0.2, 0) is 5.41 Å². The fourth-order valence-electron chi connectivity index (χ4n) is 6.79. The zero-order valence-electron chi connectivity index (χ0n) is 23.2. The first-order valence-corrected chi connectivity index (χ1v) is 14.3. The molecule has 0 saturated carbocycles. The summed E-state index contributed by atoms with van der Waals surface area (Å²) in [6.07, 6.45) is 0. The van der Waals surface area contributed by atoms with Crippen LogP contribution in [-0.4, -0.2) is 4.57 Å². The number of hydrogen-bond donors (Lipinski definition) is 1. The van der Waals surface area contributed by atoms with Gasteiger partial charge in [0.15, 0.2) is 0 Å². The van der Waals surface area contributed by atoms with Crippen molar-refractivity contribution in [2.75, 3.05) is 5.32 Å². The quantitative estimate of drug-likeness (QED) is 0.241. The monoisotopic (exact) mass is 526 g/mol. The molecule has 1 N–H and O–H groups in total. The predicted molar refractivity (Wildman–Crippen MR) is 174 cm³/mol. The smallest absolute Gasteiger partial charge is 0.0547 e. The number of fused-ring (bicyclic) bond motifs is 6. The molecule has 0 saturated heterocycles. The standard InChI is InChI=1S/C39H30N2/c1-39(2)34-17-9-6-15-30(34)33-25-27(21-23-35(33)39)40-36-18-10-7-14-29(36)26-20-22-32-31-16-8-11-19-37(31)41(38(32)24-26)28-12-4-3-5-13-28/h3-25,40H,1-2H3. The number of para-hydroxylation sites is 3. The van der Waals surface area contributed by atoms with Crippen LogP contribution in [0.25, 0.3) is 49.7 Å². The van der Waals surface area contributed by atoms with E-state index in [-0.39, 0.29) is 5.41 Å². The summed E-state index contributed by atoms with van der Waals surface area (Å²) >= 11 is 0. The van der Waals surface area contributed by atoms with E-state index in [0.717, 1.165) is 11.4 Å². The molecule has 41 heavy (non-hydrogen) atoms. The topological polar surface area (TPSA) is 17.0 Å². The van der Waals surface area contributed by atoms with E-state index in [0.29, 0.717) is 0 Å². The molecule has 6 aromatic carbocycles. The SMILES string of the molecule is CC1(C)c2ccccc2-c2cc(Nc3ccccc3-c3ccc4c5ccccc5n(-c5ccccc5)c4c3)ccc21. The lowest BCUT2D eigenvalue weighted by Gasteiger charge is -2.21. The number of nitrogens with one attached hydrogen (secondary N) is 1. The summed E-state index contributed by atoms with van der Waals surface area (Å²) in [6, 6.07) is 50.5. The van der Waals surface area contributed by atoms with Crippen LogP contribution in [0.15, 0.2) is 140 Å². The summed E-state index contributed by atoms with van der Waals surface area (Å²) < 4.78 is 2.38. The first-order valence-electron chi connectivity index (χ1n) is 14.3. The van der Waals surface area contributed by atoms with Crippen molar-refractivity contribution in [2.24, 2.45) is 0 Å². The summed E-state index contributed by atoms with van der Waals surface area (Å²) in [5, 5.41) is 6.30. The van der Waals surface area contributed by atoms with Crippen molar-refractivity contribution in [3.8, 4) is 27.9 Å². The second-order valence-corrected chi connectivity index (χ2v) is 11.5. The molecule has 1 aliphatic carbocycles. The molecule has 2 nitrogen and oxygen atoms in total. The number of nitrogens with zero attached hydrogens (tertiary/aromatic N) is 1. The van der Waals surface area contributed by atoms with Gasteiger partial charge in [-0.3, -0.25) is 0 Å². The molecular formula is C39H30N2. The van der Waals surface area contributed by atoms with Gasteiger partial charge in [0, 0.05) is 38.8 Å². The lowest BCUT2D eigenvalue weighted by atomic mass is 9.82. The Morgan fingerprint density at radius 2 is 1.20 bits per heavy atom. The normalized spacial score (nSPS) is 13.3. The molecule has 7 aromatic rings. The highest BCUT2D eigenvalue weighted by atomic mass is 15.0. The molecule has 0 unspecified atom stereocenters. The van der Waals surface area contributed by atoms with E-state index in [9.17, 15) is 0 Å². The molecule has 0 radical (unpaired) electrons. The first kappa shape index (κ1) is 23.8. The average Bonchev–Trinajstić information content (AvgIpc) is 3.46. The van der Waals surface area contributed by atoms with E-state index in [1.165, 1.54) is 60.9 Å². The molecular weight excluding hydrogens is 496 g/mol. The van der Waals surface area contributed by atoms with Crippen LogP contribution in [0.4, 0.5) is 11.4 Å². The summed E-state index contributed by atoms with van der Waals surface area (Å²) in [6.45, 7) is 4.65. The molecule has 2 heteroatoms. The molecule has 196 valence electrons. The van der Waals surface area contributed by atoms with Gasteiger partial charge in [-0.05, 0) is 70.3 Å². The van der Waals surface area contributed by atoms with Gasteiger partial charge in [0.25, 0.3) is 0 Å². The van der Waals surface area contributed by atoms with Gasteiger partial charge in [-0.15, -0.1) is 0 Å². The molecule has 1 aromatic heterocycles. The van der Waals surface area contributed by atoms with E-state index in [1.807, 2.05) is 0 Å². The van der Waals surface area contributed by atoms with Gasteiger partial charge in [-0.1, -0.05) is 111 Å². The fraction of sp³-hybridized carbons (Fsp3) is 0.0769. The minimum absolute atomic E-state index is 0.00891. The molecule has 0 fully saturated rings. The van der Waals surface area contributed by atoms with Crippen LogP contribution in [0.3, 0.4) is 0 Å². The third-order valence-corrected chi connectivity index (χ3v) is 8.79. The Hall–Kier alpha value is -5.08. The maximum atomic E-state index is 3.77. The van der Waals surface area contributed by atoms with Gasteiger partial charge in [0.1, 0.15) is 0 Å². The van der Waals surface area contributed by atoms with E-state index < -0.39 is 0 Å². The van der Waals surface area contributed by atoms with Crippen molar-refractivity contribution in [1.29, 1.82) is 0 Å². The number of hydrogen-bond acceptors (Lipinski definition) is 1. The Morgan fingerprint density at radius 3 is 2.07 bits per heavy atom. The van der Waals surface area contributed by atoms with Crippen LogP contribution >= 0.6 is 0 Å². The molecule has 1 aliphatic rings. The Balaban J connectivity index is 1.25. The maximum Gasteiger partial charge on any atom is 0.0547 e. The summed E-state index contributed by atoms with van der Waals surface area (Å²) in [7, 11) is 0. The van der Waals surface area contributed by atoms with Crippen molar-refractivity contribution in [2.45, 2.75) is 19.3 Å². The number of anilines is 2. The summed E-state index contributed by atoms with van der Waals surface area (Å²) in [5.41, 5.74) is 13.6. The second kappa shape index (κ2) is 8.97. The Morgan fingerprint density at radius 1 is 0.512 bits per heavy atom. The van der Waals surface area contributed by atoms with E-state index >= 15 is 0 Å². The highest BCUT2D eigenvalue weighted by Crippen LogP contribution is 2.49. The van der Waals surface area contributed by atoms with Crippen molar-refractivity contribution < 1.29 is 0 Å². The molecule has 1 heterocycles.